The number of aromatic nitrogens is 2. The summed E-state index contributed by atoms with van der Waals surface area (Å²) in [7, 11) is 0. The summed E-state index contributed by atoms with van der Waals surface area (Å²) in [4.78, 5) is 30.2. The molecule has 30 heavy (non-hydrogen) atoms. The van der Waals surface area contributed by atoms with E-state index in [2.05, 4.69) is 10.3 Å². The van der Waals surface area contributed by atoms with Crippen molar-refractivity contribution in [1.29, 1.82) is 0 Å². The molecule has 2 unspecified atom stereocenters. The summed E-state index contributed by atoms with van der Waals surface area (Å²) in [5.41, 5.74) is 1.17. The van der Waals surface area contributed by atoms with Gasteiger partial charge in [-0.15, -0.1) is 0 Å². The van der Waals surface area contributed by atoms with Crippen molar-refractivity contribution in [3.05, 3.63) is 70.3 Å². The first-order valence-corrected chi connectivity index (χ1v) is 10.6. The number of para-hydroxylation sites is 1. The van der Waals surface area contributed by atoms with Gasteiger partial charge in [-0.3, -0.25) is 14.2 Å². The van der Waals surface area contributed by atoms with Crippen LogP contribution in [0, 0.1) is 5.82 Å². The number of fused-ring (bicyclic) bond motifs is 1. The molecule has 0 aliphatic rings. The number of halogens is 1. The fourth-order valence-corrected chi connectivity index (χ4v) is 3.98. The van der Waals surface area contributed by atoms with E-state index in [9.17, 15) is 19.1 Å². The van der Waals surface area contributed by atoms with E-state index in [0.29, 0.717) is 29.0 Å². The van der Waals surface area contributed by atoms with Gasteiger partial charge in [0, 0.05) is 13.2 Å². The van der Waals surface area contributed by atoms with Crippen LogP contribution in [0.1, 0.15) is 31.9 Å². The molecule has 1 heterocycles. The first-order valence-electron chi connectivity index (χ1n) is 9.73. The number of carbonyl (C=O) groups excluding carboxylic acids is 1. The van der Waals surface area contributed by atoms with Crippen molar-refractivity contribution in [2.24, 2.45) is 0 Å². The molecule has 6 nitrogen and oxygen atoms in total. The number of nitrogens with zero attached hydrogens (tertiary/aromatic N) is 2. The zero-order valence-corrected chi connectivity index (χ0v) is 17.7. The maximum atomic E-state index is 13.1. The molecule has 0 spiro atoms. The van der Waals surface area contributed by atoms with Crippen molar-refractivity contribution in [1.82, 2.24) is 14.9 Å². The Balaban J connectivity index is 1.80. The number of thioether (sulfide) groups is 1. The number of carbonyl (C=O) groups is 1. The van der Waals surface area contributed by atoms with Crippen molar-refractivity contribution in [2.45, 2.75) is 43.3 Å². The zero-order chi connectivity index (χ0) is 21.7. The molecule has 0 bridgehead atoms. The average molecular weight is 430 g/mol. The number of aliphatic hydroxyl groups is 1. The molecule has 3 aromatic rings. The van der Waals surface area contributed by atoms with E-state index in [0.717, 1.165) is 5.56 Å². The van der Waals surface area contributed by atoms with Gasteiger partial charge in [0.2, 0.25) is 5.91 Å². The predicted octanol–water partition coefficient (Wildman–Crippen LogP) is 3.28. The first kappa shape index (κ1) is 22.0. The number of rotatable bonds is 8. The second kappa shape index (κ2) is 9.86. The predicted molar refractivity (Wildman–Crippen MR) is 116 cm³/mol. The maximum absolute atomic E-state index is 13.1. The molecule has 1 amide bonds. The molecule has 0 aliphatic carbocycles. The average Bonchev–Trinajstić information content (AvgIpc) is 2.74. The van der Waals surface area contributed by atoms with Crippen LogP contribution >= 0.6 is 11.8 Å². The zero-order valence-electron chi connectivity index (χ0n) is 16.8. The van der Waals surface area contributed by atoms with E-state index >= 15 is 0 Å². The normalized spacial score (nSPS) is 13.2. The van der Waals surface area contributed by atoms with Gasteiger partial charge >= 0.3 is 0 Å². The lowest BCUT2D eigenvalue weighted by atomic mass is 10.1. The molecular weight excluding hydrogens is 405 g/mol. The van der Waals surface area contributed by atoms with E-state index in [1.165, 1.54) is 28.5 Å². The molecule has 0 radical (unpaired) electrons. The van der Waals surface area contributed by atoms with Crippen LogP contribution in [0.25, 0.3) is 10.9 Å². The Morgan fingerprint density at radius 1 is 1.20 bits per heavy atom. The molecule has 0 aliphatic heterocycles. The van der Waals surface area contributed by atoms with Gasteiger partial charge in [-0.1, -0.05) is 36.0 Å². The highest BCUT2D eigenvalue weighted by Gasteiger charge is 2.21. The molecule has 3 rings (SSSR count). The van der Waals surface area contributed by atoms with E-state index in [4.69, 9.17) is 0 Å². The third-order valence-electron chi connectivity index (χ3n) is 4.75. The van der Waals surface area contributed by atoms with Crippen LogP contribution in [0.3, 0.4) is 0 Å². The number of nitrogens with one attached hydrogen (secondary N) is 1. The first-order chi connectivity index (χ1) is 14.4. The van der Waals surface area contributed by atoms with Crippen molar-refractivity contribution >= 4 is 28.6 Å². The van der Waals surface area contributed by atoms with E-state index in [1.54, 1.807) is 37.3 Å². The number of amides is 1. The van der Waals surface area contributed by atoms with Gasteiger partial charge in [0.25, 0.3) is 5.56 Å². The summed E-state index contributed by atoms with van der Waals surface area (Å²) in [5.74, 6) is -0.544. The van der Waals surface area contributed by atoms with Crippen LogP contribution in [-0.4, -0.2) is 32.4 Å². The monoisotopic (exact) mass is 429 g/mol. The molecular formula is C22H24FN3O3S. The third-order valence-corrected chi connectivity index (χ3v) is 5.84. The topological polar surface area (TPSA) is 84.2 Å². The smallest absolute Gasteiger partial charge is 0.262 e. The Kier molecular flexibility index (Phi) is 7.23. The molecule has 0 saturated heterocycles. The van der Waals surface area contributed by atoms with Crippen molar-refractivity contribution in [3.63, 3.8) is 0 Å². The highest BCUT2D eigenvalue weighted by molar-refractivity contribution is 8.00. The molecule has 0 saturated carbocycles. The van der Waals surface area contributed by atoms with Crippen LogP contribution in [0.5, 0.6) is 0 Å². The summed E-state index contributed by atoms with van der Waals surface area (Å²) >= 11 is 1.20. The van der Waals surface area contributed by atoms with Crippen LogP contribution < -0.4 is 10.9 Å². The number of aliphatic hydroxyl groups excluding tert-OH is 1. The largest absolute Gasteiger partial charge is 0.396 e. The van der Waals surface area contributed by atoms with Crippen LogP contribution in [-0.2, 0) is 11.3 Å². The molecule has 8 heteroatoms. The summed E-state index contributed by atoms with van der Waals surface area (Å²) in [6, 6.07) is 12.8. The summed E-state index contributed by atoms with van der Waals surface area (Å²) in [6.45, 7) is 3.84. The second-order valence-electron chi connectivity index (χ2n) is 6.99. The fraction of sp³-hybridized carbons (Fsp3) is 0.318. The second-order valence-corrected chi connectivity index (χ2v) is 8.30. The lowest BCUT2D eigenvalue weighted by molar-refractivity contribution is -0.120. The number of benzene rings is 2. The highest BCUT2D eigenvalue weighted by Crippen LogP contribution is 2.24. The van der Waals surface area contributed by atoms with Gasteiger partial charge in [-0.2, -0.15) is 0 Å². The lowest BCUT2D eigenvalue weighted by Gasteiger charge is -2.19. The van der Waals surface area contributed by atoms with Crippen LogP contribution in [0.4, 0.5) is 4.39 Å². The van der Waals surface area contributed by atoms with Crippen molar-refractivity contribution < 1.29 is 14.3 Å². The van der Waals surface area contributed by atoms with E-state index in [1.807, 2.05) is 13.0 Å². The number of hydrogen-bond acceptors (Lipinski definition) is 5. The van der Waals surface area contributed by atoms with Gasteiger partial charge in [0.1, 0.15) is 5.82 Å². The Morgan fingerprint density at radius 2 is 1.90 bits per heavy atom. The molecule has 2 aromatic carbocycles. The Labute approximate surface area is 178 Å². The van der Waals surface area contributed by atoms with Gasteiger partial charge in [-0.05, 0) is 50.1 Å². The molecule has 2 N–H and O–H groups in total. The standard InChI is InChI=1S/C22H24FN3O3S/c1-14(16-8-10-17(23)11-9-16)24-20(28)15(2)30-22-25-19-7-4-3-6-18(19)21(29)26(22)12-5-13-27/h3-4,6-11,14-15,27H,5,12-13H2,1-2H3,(H,24,28). The lowest BCUT2D eigenvalue weighted by Crippen LogP contribution is -2.34. The minimum Gasteiger partial charge on any atom is -0.396 e. The third kappa shape index (κ3) is 5.06. The van der Waals surface area contributed by atoms with Gasteiger partial charge < -0.3 is 10.4 Å². The van der Waals surface area contributed by atoms with Crippen LogP contribution in [0.15, 0.2) is 58.5 Å². The van der Waals surface area contributed by atoms with Crippen LogP contribution in [0.2, 0.25) is 0 Å². The minimum atomic E-state index is -0.513. The molecule has 0 fully saturated rings. The molecule has 2 atom stereocenters. The van der Waals surface area contributed by atoms with Gasteiger partial charge in [0.15, 0.2) is 5.16 Å². The Morgan fingerprint density at radius 3 is 2.60 bits per heavy atom. The van der Waals surface area contributed by atoms with Gasteiger partial charge in [0.05, 0.1) is 22.2 Å². The molecule has 1 aromatic heterocycles. The SMILES string of the molecule is CC(Sc1nc2ccccc2c(=O)n1CCCO)C(=O)NC(C)c1ccc(F)cc1. The summed E-state index contributed by atoms with van der Waals surface area (Å²) in [5, 5.41) is 12.5. The molecule has 158 valence electrons. The van der Waals surface area contributed by atoms with E-state index < -0.39 is 5.25 Å². The quantitative estimate of drug-likeness (QED) is 0.424. The summed E-state index contributed by atoms with van der Waals surface area (Å²) in [6.07, 6.45) is 0.412. The summed E-state index contributed by atoms with van der Waals surface area (Å²) < 4.78 is 14.6. The fourth-order valence-electron chi connectivity index (χ4n) is 3.04. The van der Waals surface area contributed by atoms with E-state index in [-0.39, 0.29) is 29.9 Å². The highest BCUT2D eigenvalue weighted by atomic mass is 32.2. The maximum Gasteiger partial charge on any atom is 0.262 e. The number of hydrogen-bond donors (Lipinski definition) is 2. The van der Waals surface area contributed by atoms with Crippen molar-refractivity contribution in [3.8, 4) is 0 Å². The van der Waals surface area contributed by atoms with Gasteiger partial charge in [-0.25, -0.2) is 9.37 Å². The Hall–Kier alpha value is -2.71. The minimum absolute atomic E-state index is 0.0470. The van der Waals surface area contributed by atoms with Crippen molar-refractivity contribution in [2.75, 3.05) is 6.61 Å². The Bertz CT molecular complexity index is 1090.